The molecule has 44 heavy (non-hydrogen) atoms. The van der Waals surface area contributed by atoms with E-state index in [1.165, 1.54) is 25.7 Å². The number of benzene rings is 6. The lowest BCUT2D eigenvalue weighted by atomic mass is 10.0. The quantitative estimate of drug-likeness (QED) is 0.224. The molecule has 0 fully saturated rings. The van der Waals surface area contributed by atoms with Crippen LogP contribution in [0.4, 0.5) is 0 Å². The highest BCUT2D eigenvalue weighted by molar-refractivity contribution is 7.25. The van der Waals surface area contributed by atoms with Gasteiger partial charge >= 0.3 is 0 Å². The average molecular weight is 584 g/mol. The molecule has 1 atom stereocenters. The van der Waals surface area contributed by atoms with Gasteiger partial charge in [0.2, 0.25) is 0 Å². The fourth-order valence-corrected chi connectivity index (χ4v) is 7.26. The maximum Gasteiger partial charge on any atom is 0.163 e. The van der Waals surface area contributed by atoms with E-state index in [1.807, 2.05) is 47.7 Å². The van der Waals surface area contributed by atoms with E-state index in [2.05, 4.69) is 108 Å². The summed E-state index contributed by atoms with van der Waals surface area (Å²) in [6, 6.07) is 48.6. The Morgan fingerprint density at radius 1 is 0.568 bits per heavy atom. The summed E-state index contributed by atoms with van der Waals surface area (Å²) in [5.74, 6) is 1.44. The van der Waals surface area contributed by atoms with Gasteiger partial charge in [-0.1, -0.05) is 103 Å². The van der Waals surface area contributed by atoms with Crippen molar-refractivity contribution in [3.8, 4) is 11.1 Å². The van der Waals surface area contributed by atoms with E-state index in [1.54, 1.807) is 0 Å². The van der Waals surface area contributed by atoms with Gasteiger partial charge in [-0.3, -0.25) is 0 Å². The summed E-state index contributed by atoms with van der Waals surface area (Å²) < 4.78 is 9.27. The third-order valence-electron chi connectivity index (χ3n) is 8.35. The Morgan fingerprint density at radius 3 is 2.18 bits per heavy atom. The summed E-state index contributed by atoms with van der Waals surface area (Å²) in [6.45, 7) is 0. The fourth-order valence-electron chi connectivity index (χ4n) is 6.18. The first-order valence-corrected chi connectivity index (χ1v) is 15.5. The van der Waals surface area contributed by atoms with Crippen LogP contribution in [0.25, 0.3) is 53.2 Å². The number of para-hydroxylation sites is 1. The molecule has 3 heterocycles. The van der Waals surface area contributed by atoms with Crippen LogP contribution in [-0.2, 0) is 0 Å². The van der Waals surface area contributed by atoms with Gasteiger partial charge in [0.25, 0.3) is 0 Å². The number of rotatable bonds is 4. The van der Waals surface area contributed by atoms with Crippen molar-refractivity contribution in [1.29, 1.82) is 0 Å². The lowest BCUT2D eigenvalue weighted by Crippen LogP contribution is -2.33. The average Bonchev–Trinajstić information content (AvgIpc) is 3.66. The third-order valence-corrected chi connectivity index (χ3v) is 9.51. The minimum absolute atomic E-state index is 0.270. The van der Waals surface area contributed by atoms with Crippen LogP contribution in [0.1, 0.15) is 22.9 Å². The number of thiophene rings is 1. The molecule has 1 N–H and O–H groups in total. The second-order valence-corrected chi connectivity index (χ2v) is 12.1. The second-order valence-electron chi connectivity index (χ2n) is 11.0. The molecule has 0 saturated carbocycles. The molecule has 1 aliphatic heterocycles. The number of hydrogen-bond acceptors (Lipinski definition) is 5. The number of fused-ring (bicyclic) bond motifs is 6. The molecule has 0 bridgehead atoms. The fraction of sp³-hybridized carbons (Fsp3) is 0.0256. The van der Waals surface area contributed by atoms with Gasteiger partial charge in [0.15, 0.2) is 5.84 Å². The van der Waals surface area contributed by atoms with Gasteiger partial charge < -0.3 is 9.73 Å². The molecular weight excluding hydrogens is 559 g/mol. The monoisotopic (exact) mass is 583 g/mol. The number of amidine groups is 2. The number of hydrogen-bond donors (Lipinski definition) is 1. The summed E-state index contributed by atoms with van der Waals surface area (Å²) >= 11 is 1.84. The summed E-state index contributed by atoms with van der Waals surface area (Å²) in [7, 11) is 0. The molecule has 2 aromatic heterocycles. The molecule has 0 amide bonds. The van der Waals surface area contributed by atoms with Gasteiger partial charge in [0, 0.05) is 36.5 Å². The van der Waals surface area contributed by atoms with Gasteiger partial charge in [0.05, 0.1) is 5.56 Å². The molecule has 0 spiro atoms. The number of nitrogens with zero attached hydrogens (tertiary/aromatic N) is 2. The smallest absolute Gasteiger partial charge is 0.163 e. The molecule has 6 aromatic carbocycles. The first-order chi connectivity index (χ1) is 21.8. The lowest BCUT2D eigenvalue weighted by Gasteiger charge is -2.23. The van der Waals surface area contributed by atoms with Crippen LogP contribution in [0.2, 0.25) is 0 Å². The van der Waals surface area contributed by atoms with Gasteiger partial charge in [-0.25, -0.2) is 9.98 Å². The van der Waals surface area contributed by atoms with Crippen molar-refractivity contribution in [2.24, 2.45) is 9.98 Å². The highest BCUT2D eigenvalue weighted by Crippen LogP contribution is 2.38. The van der Waals surface area contributed by atoms with Crippen LogP contribution in [0, 0.1) is 0 Å². The molecular formula is C39H25N3OS. The summed E-state index contributed by atoms with van der Waals surface area (Å²) in [6.07, 6.45) is -0.270. The summed E-state index contributed by atoms with van der Waals surface area (Å²) in [5, 5.41) is 8.26. The van der Waals surface area contributed by atoms with E-state index in [9.17, 15) is 0 Å². The number of furan rings is 1. The second kappa shape index (κ2) is 10.0. The standard InChI is InChI=1S/C39H25N3OS/c1-3-10-24(11-4-1)37-40-38(25-12-5-2-6-13-25)42-39(41-37)31-16-9-15-30-28-20-18-27(23-33(28)43-36(30)31)26-19-21-35-32(22-26)29-14-7-8-17-34(29)44-35/h1-23,37H,(H,40,41,42). The molecule has 1 unspecified atom stereocenters. The Labute approximate surface area is 257 Å². The van der Waals surface area contributed by atoms with E-state index in [4.69, 9.17) is 14.4 Å². The Morgan fingerprint density at radius 2 is 1.30 bits per heavy atom. The zero-order valence-corrected chi connectivity index (χ0v) is 24.4. The minimum Gasteiger partial charge on any atom is -0.455 e. The maximum absolute atomic E-state index is 6.66. The molecule has 208 valence electrons. The molecule has 0 saturated heterocycles. The first kappa shape index (κ1) is 25.0. The van der Waals surface area contributed by atoms with Crippen molar-refractivity contribution < 1.29 is 4.42 Å². The highest BCUT2D eigenvalue weighted by Gasteiger charge is 2.23. The van der Waals surface area contributed by atoms with Crippen LogP contribution >= 0.6 is 11.3 Å². The predicted octanol–water partition coefficient (Wildman–Crippen LogP) is 10.1. The van der Waals surface area contributed by atoms with E-state index in [-0.39, 0.29) is 6.17 Å². The van der Waals surface area contributed by atoms with Crippen LogP contribution in [0.15, 0.2) is 154 Å². The Balaban J connectivity index is 1.18. The molecule has 4 nitrogen and oxygen atoms in total. The van der Waals surface area contributed by atoms with Crippen molar-refractivity contribution in [2.45, 2.75) is 6.17 Å². The third kappa shape index (κ3) is 4.13. The molecule has 8 aromatic rings. The van der Waals surface area contributed by atoms with Crippen molar-refractivity contribution in [3.05, 3.63) is 156 Å². The number of aliphatic imine (C=N–C) groups is 2. The van der Waals surface area contributed by atoms with Gasteiger partial charge in [-0.05, 0) is 53.1 Å². The van der Waals surface area contributed by atoms with E-state index < -0.39 is 0 Å². The van der Waals surface area contributed by atoms with Crippen LogP contribution in [-0.4, -0.2) is 11.7 Å². The highest BCUT2D eigenvalue weighted by atomic mass is 32.1. The summed E-state index contributed by atoms with van der Waals surface area (Å²) in [4.78, 5) is 10.1. The van der Waals surface area contributed by atoms with E-state index in [0.29, 0.717) is 5.84 Å². The molecule has 0 aliphatic carbocycles. The van der Waals surface area contributed by atoms with Crippen LogP contribution in [0.3, 0.4) is 0 Å². The minimum atomic E-state index is -0.270. The van der Waals surface area contributed by atoms with Crippen molar-refractivity contribution in [2.75, 3.05) is 0 Å². The molecule has 5 heteroatoms. The van der Waals surface area contributed by atoms with Gasteiger partial charge in [0.1, 0.15) is 23.2 Å². The largest absolute Gasteiger partial charge is 0.455 e. The van der Waals surface area contributed by atoms with Crippen molar-refractivity contribution in [3.63, 3.8) is 0 Å². The van der Waals surface area contributed by atoms with E-state index in [0.717, 1.165) is 50.0 Å². The zero-order valence-electron chi connectivity index (χ0n) is 23.6. The van der Waals surface area contributed by atoms with Gasteiger partial charge in [-0.15, -0.1) is 11.3 Å². The Bertz CT molecular complexity index is 2420. The predicted molar refractivity (Wildman–Crippen MR) is 184 cm³/mol. The molecule has 1 aliphatic rings. The maximum atomic E-state index is 6.66. The van der Waals surface area contributed by atoms with Crippen LogP contribution in [0.5, 0.6) is 0 Å². The van der Waals surface area contributed by atoms with Gasteiger partial charge in [-0.2, -0.15) is 0 Å². The SMILES string of the molecule is c1ccc(C2=NC(c3cccc4c3oc3cc(-c5ccc6sc7ccccc7c6c5)ccc34)=NC(c3ccccc3)N2)cc1. The molecule has 9 rings (SSSR count). The lowest BCUT2D eigenvalue weighted by molar-refractivity contribution is 0.663. The number of nitrogens with one attached hydrogen (secondary N) is 1. The van der Waals surface area contributed by atoms with Crippen molar-refractivity contribution in [1.82, 2.24) is 5.32 Å². The zero-order chi connectivity index (χ0) is 29.0. The molecule has 0 radical (unpaired) electrons. The van der Waals surface area contributed by atoms with Crippen molar-refractivity contribution >= 4 is 65.1 Å². The normalized spacial score (nSPS) is 15.0. The summed E-state index contributed by atoms with van der Waals surface area (Å²) in [5.41, 5.74) is 6.91. The van der Waals surface area contributed by atoms with E-state index >= 15 is 0 Å². The Kier molecular flexibility index (Phi) is 5.71. The topological polar surface area (TPSA) is 49.9 Å². The Hall–Kier alpha value is -5.52. The first-order valence-electron chi connectivity index (χ1n) is 14.7. The van der Waals surface area contributed by atoms with Crippen LogP contribution < -0.4 is 5.32 Å².